The van der Waals surface area contributed by atoms with Gasteiger partial charge in [0.2, 0.25) is 0 Å². The van der Waals surface area contributed by atoms with Crippen LogP contribution in [0.2, 0.25) is 0 Å². The van der Waals surface area contributed by atoms with Crippen LogP contribution in [0.25, 0.3) is 0 Å². The van der Waals surface area contributed by atoms with Gasteiger partial charge in [-0.25, -0.2) is 0 Å². The smallest absolute Gasteiger partial charge is 0.187 e. The van der Waals surface area contributed by atoms with Gasteiger partial charge < -0.3 is 0 Å². The lowest BCUT2D eigenvalue weighted by Gasteiger charge is -2.13. The Labute approximate surface area is 128 Å². The highest BCUT2D eigenvalue weighted by atomic mass is 79.9. The number of halogens is 1. The fourth-order valence-corrected chi connectivity index (χ4v) is 2.54. The Kier molecular flexibility index (Phi) is 4.43. The molecule has 20 heavy (non-hydrogen) atoms. The van der Waals surface area contributed by atoms with Crippen LogP contribution in [-0.4, -0.2) is 15.6 Å². The number of benzene rings is 1. The summed E-state index contributed by atoms with van der Waals surface area (Å²) in [5.41, 5.74) is 3.86. The lowest BCUT2D eigenvalue weighted by Crippen LogP contribution is -2.19. The minimum atomic E-state index is -0.299. The molecule has 1 aromatic heterocycles. The van der Waals surface area contributed by atoms with Crippen molar-refractivity contribution in [3.05, 3.63) is 51.3 Å². The van der Waals surface area contributed by atoms with Crippen LogP contribution in [0.3, 0.4) is 0 Å². The highest BCUT2D eigenvalue weighted by molar-refractivity contribution is 9.10. The summed E-state index contributed by atoms with van der Waals surface area (Å²) in [7, 11) is 0. The summed E-state index contributed by atoms with van der Waals surface area (Å²) in [6, 6.07) is 7.53. The van der Waals surface area contributed by atoms with Crippen molar-refractivity contribution in [3.63, 3.8) is 0 Å². The predicted molar refractivity (Wildman–Crippen MR) is 84.3 cm³/mol. The summed E-state index contributed by atoms with van der Waals surface area (Å²) < 4.78 is 2.76. The molecule has 3 nitrogen and oxygen atoms in total. The summed E-state index contributed by atoms with van der Waals surface area (Å²) in [5, 5.41) is 4.44. The molecule has 1 atom stereocenters. The summed E-state index contributed by atoms with van der Waals surface area (Å²) in [6.07, 6.45) is 0.981. The molecular formula is C16H19BrN2O. The van der Waals surface area contributed by atoms with Crippen LogP contribution in [0.1, 0.15) is 47.2 Å². The zero-order chi connectivity index (χ0) is 14.9. The number of hydrogen-bond donors (Lipinski definition) is 0. The van der Waals surface area contributed by atoms with Crippen molar-refractivity contribution in [1.82, 2.24) is 9.78 Å². The van der Waals surface area contributed by atoms with Gasteiger partial charge in [-0.3, -0.25) is 9.48 Å². The van der Waals surface area contributed by atoms with Crippen molar-refractivity contribution in [3.8, 4) is 0 Å². The van der Waals surface area contributed by atoms with Gasteiger partial charge in [-0.15, -0.1) is 0 Å². The summed E-state index contributed by atoms with van der Waals surface area (Å²) in [5.74, 6) is 0.0887. The number of aryl methyl sites for hydroxylation is 2. The molecule has 1 heterocycles. The minimum Gasteiger partial charge on any atom is -0.292 e. The molecular weight excluding hydrogens is 316 g/mol. The van der Waals surface area contributed by atoms with E-state index < -0.39 is 0 Å². The maximum absolute atomic E-state index is 12.5. The second kappa shape index (κ2) is 5.92. The zero-order valence-corrected chi connectivity index (χ0v) is 13.9. The van der Waals surface area contributed by atoms with E-state index in [1.807, 2.05) is 45.0 Å². The maximum atomic E-state index is 12.5. The van der Waals surface area contributed by atoms with E-state index in [9.17, 15) is 4.79 Å². The van der Waals surface area contributed by atoms with E-state index in [0.29, 0.717) is 0 Å². The maximum Gasteiger partial charge on any atom is 0.187 e. The fraction of sp³-hybridized carbons (Fsp3) is 0.375. The van der Waals surface area contributed by atoms with E-state index in [4.69, 9.17) is 0 Å². The van der Waals surface area contributed by atoms with Gasteiger partial charge in [-0.05, 0) is 48.7 Å². The number of rotatable bonds is 4. The summed E-state index contributed by atoms with van der Waals surface area (Å²) >= 11 is 3.50. The largest absolute Gasteiger partial charge is 0.292 e. The van der Waals surface area contributed by atoms with Gasteiger partial charge in [0.25, 0.3) is 0 Å². The SMILES string of the molecule is CCc1ccc(C(=O)C(C)n2nc(C)c(Br)c2C)cc1. The molecule has 4 heteroatoms. The normalized spacial score (nSPS) is 12.4. The average Bonchev–Trinajstić information content (AvgIpc) is 2.73. The van der Waals surface area contributed by atoms with Crippen molar-refractivity contribution in [2.24, 2.45) is 0 Å². The van der Waals surface area contributed by atoms with E-state index in [0.717, 1.165) is 27.8 Å². The number of Topliss-reactive ketones (excluding diaryl/α,β-unsaturated/α-hetero) is 1. The Morgan fingerprint density at radius 3 is 2.35 bits per heavy atom. The number of aromatic nitrogens is 2. The van der Waals surface area contributed by atoms with Gasteiger partial charge in [0, 0.05) is 5.56 Å². The van der Waals surface area contributed by atoms with Crippen LogP contribution in [0.15, 0.2) is 28.7 Å². The third-order valence-corrected chi connectivity index (χ3v) is 4.78. The topological polar surface area (TPSA) is 34.9 Å². The number of nitrogens with zero attached hydrogens (tertiary/aromatic N) is 2. The molecule has 0 spiro atoms. The lowest BCUT2D eigenvalue weighted by atomic mass is 10.0. The van der Waals surface area contributed by atoms with Crippen molar-refractivity contribution in [1.29, 1.82) is 0 Å². The average molecular weight is 335 g/mol. The first kappa shape index (κ1) is 15.0. The molecule has 0 radical (unpaired) electrons. The molecule has 0 saturated heterocycles. The molecule has 0 amide bonds. The Balaban J connectivity index is 2.29. The van der Waals surface area contributed by atoms with Crippen molar-refractivity contribution >= 4 is 21.7 Å². The Morgan fingerprint density at radius 1 is 1.30 bits per heavy atom. The Hall–Kier alpha value is -1.42. The highest BCUT2D eigenvalue weighted by Gasteiger charge is 2.21. The molecule has 0 fully saturated rings. The molecule has 1 unspecified atom stereocenters. The molecule has 106 valence electrons. The number of carbonyl (C=O) groups is 1. The van der Waals surface area contributed by atoms with Crippen LogP contribution in [-0.2, 0) is 6.42 Å². The van der Waals surface area contributed by atoms with Crippen molar-refractivity contribution in [2.75, 3.05) is 0 Å². The van der Waals surface area contributed by atoms with Crippen LogP contribution in [0.4, 0.5) is 0 Å². The second-order valence-electron chi connectivity index (χ2n) is 5.02. The van der Waals surface area contributed by atoms with Gasteiger partial charge in [-0.2, -0.15) is 5.10 Å². The first-order chi connectivity index (χ1) is 9.45. The zero-order valence-electron chi connectivity index (χ0n) is 12.3. The highest BCUT2D eigenvalue weighted by Crippen LogP contribution is 2.24. The number of ketones is 1. The third kappa shape index (κ3) is 2.70. The molecule has 1 aromatic carbocycles. The lowest BCUT2D eigenvalue weighted by molar-refractivity contribution is 0.0926. The molecule has 0 aliphatic rings. The molecule has 2 aromatic rings. The monoisotopic (exact) mass is 334 g/mol. The molecule has 0 aliphatic heterocycles. The molecule has 0 N–H and O–H groups in total. The van der Waals surface area contributed by atoms with Crippen molar-refractivity contribution < 1.29 is 4.79 Å². The first-order valence-corrected chi connectivity index (χ1v) is 7.59. The number of hydrogen-bond acceptors (Lipinski definition) is 2. The third-order valence-electron chi connectivity index (χ3n) is 3.63. The Morgan fingerprint density at radius 2 is 1.90 bits per heavy atom. The van der Waals surface area contributed by atoms with Crippen LogP contribution >= 0.6 is 15.9 Å². The standard InChI is InChI=1S/C16H19BrN2O/c1-5-13-6-8-14(9-7-13)16(20)12(4)19-11(3)15(17)10(2)18-19/h6-9,12H,5H2,1-4H3. The van der Waals surface area contributed by atoms with E-state index in [-0.39, 0.29) is 11.8 Å². The van der Waals surface area contributed by atoms with Gasteiger partial charge in [0.05, 0.1) is 15.9 Å². The van der Waals surface area contributed by atoms with E-state index >= 15 is 0 Å². The summed E-state index contributed by atoms with van der Waals surface area (Å²) in [6.45, 7) is 7.89. The van der Waals surface area contributed by atoms with Crippen LogP contribution in [0, 0.1) is 13.8 Å². The van der Waals surface area contributed by atoms with Gasteiger partial charge in [0.1, 0.15) is 6.04 Å². The van der Waals surface area contributed by atoms with Gasteiger partial charge in [-0.1, -0.05) is 31.2 Å². The fourth-order valence-electron chi connectivity index (χ4n) is 2.28. The van der Waals surface area contributed by atoms with Gasteiger partial charge >= 0.3 is 0 Å². The molecule has 0 saturated carbocycles. The molecule has 2 rings (SSSR count). The minimum absolute atomic E-state index is 0.0887. The van der Waals surface area contributed by atoms with E-state index in [1.165, 1.54) is 5.56 Å². The van der Waals surface area contributed by atoms with Crippen LogP contribution < -0.4 is 0 Å². The van der Waals surface area contributed by atoms with Gasteiger partial charge in [0.15, 0.2) is 5.78 Å². The van der Waals surface area contributed by atoms with Crippen molar-refractivity contribution in [2.45, 2.75) is 40.2 Å². The number of carbonyl (C=O) groups excluding carboxylic acids is 1. The predicted octanol–water partition coefficient (Wildman–Crippen LogP) is 4.27. The van der Waals surface area contributed by atoms with E-state index in [1.54, 1.807) is 4.68 Å². The molecule has 0 bridgehead atoms. The van der Waals surface area contributed by atoms with Crippen LogP contribution in [0.5, 0.6) is 0 Å². The second-order valence-corrected chi connectivity index (χ2v) is 5.81. The van der Waals surface area contributed by atoms with E-state index in [2.05, 4.69) is 28.0 Å². The molecule has 0 aliphatic carbocycles. The summed E-state index contributed by atoms with van der Waals surface area (Å²) in [4.78, 5) is 12.5. The quantitative estimate of drug-likeness (QED) is 0.782. The first-order valence-electron chi connectivity index (χ1n) is 6.80. The Bertz CT molecular complexity index is 629.